The topological polar surface area (TPSA) is 80.3 Å². The minimum Gasteiger partial charge on any atom is -0.469 e. The number of benzene rings is 2. The van der Waals surface area contributed by atoms with Gasteiger partial charge in [-0.05, 0) is 43.3 Å². The van der Waals surface area contributed by atoms with Crippen LogP contribution in [0, 0.1) is 11.6 Å². The molecule has 0 N–H and O–H groups in total. The molecule has 0 amide bonds. The second-order valence-corrected chi connectivity index (χ2v) is 9.56. The van der Waals surface area contributed by atoms with Crippen molar-refractivity contribution in [2.45, 2.75) is 44.2 Å². The van der Waals surface area contributed by atoms with E-state index in [0.717, 1.165) is 0 Å². The summed E-state index contributed by atoms with van der Waals surface area (Å²) >= 11 is 6.56. The summed E-state index contributed by atoms with van der Waals surface area (Å²) in [6.07, 6.45) is 1.09. The first-order valence-corrected chi connectivity index (χ1v) is 12.7. The number of methoxy groups -OCH3 is 5. The zero-order chi connectivity index (χ0) is 28.2. The molecule has 0 bridgehead atoms. The number of Topliss-reactive ketones (excluding diaryl/α,β-unsaturated/α-hetero) is 1. The first-order chi connectivity index (χ1) is 17.4. The molecule has 0 atom stereocenters. The van der Waals surface area contributed by atoms with Crippen molar-refractivity contribution < 1.29 is 42.1 Å². The van der Waals surface area contributed by atoms with E-state index >= 15 is 0 Å². The van der Waals surface area contributed by atoms with Gasteiger partial charge in [0.15, 0.2) is 11.6 Å². The van der Waals surface area contributed by atoms with Gasteiger partial charge in [-0.2, -0.15) is 0 Å². The van der Waals surface area contributed by atoms with E-state index in [1.54, 1.807) is 12.1 Å². The van der Waals surface area contributed by atoms with Crippen molar-refractivity contribution in [3.05, 3.63) is 68.1 Å². The van der Waals surface area contributed by atoms with Crippen LogP contribution in [0.25, 0.3) is 0 Å². The molecule has 0 heterocycles. The third kappa shape index (κ3) is 9.19. The number of ether oxygens (including phenoxy) is 5. The molecule has 0 spiro atoms. The van der Waals surface area contributed by atoms with E-state index in [9.17, 15) is 18.4 Å². The van der Waals surface area contributed by atoms with Gasteiger partial charge in [0, 0.05) is 67.8 Å². The lowest BCUT2D eigenvalue weighted by Gasteiger charge is -2.32. The standard InChI is InChI=1S/C13H16BrFO4.C13H16BrFO3/c1-17-12(16)6-7-13(18-2,19-3)10-5-4-9(15)8-11(10)14;1-9(16)6-7-13(17-2,18-3)11-5-4-10(15)8-12(11)14/h4-5,8H,6-7H2,1-3H3;4-5,8H,6-7H2,1-3H3. The summed E-state index contributed by atoms with van der Waals surface area (Å²) in [5.74, 6) is -3.20. The molecule has 0 aliphatic heterocycles. The van der Waals surface area contributed by atoms with Gasteiger partial charge >= 0.3 is 5.97 Å². The molecule has 0 unspecified atom stereocenters. The smallest absolute Gasteiger partial charge is 0.305 e. The van der Waals surface area contributed by atoms with E-state index in [2.05, 4.69) is 36.6 Å². The third-order valence-corrected chi connectivity index (χ3v) is 7.01. The minimum absolute atomic E-state index is 0.0479. The molecule has 11 heteroatoms. The van der Waals surface area contributed by atoms with Crippen LogP contribution in [0.15, 0.2) is 45.3 Å². The van der Waals surface area contributed by atoms with E-state index in [-0.39, 0.29) is 36.2 Å². The first-order valence-electron chi connectivity index (χ1n) is 11.1. The second kappa shape index (κ2) is 15.6. The van der Waals surface area contributed by atoms with Crippen molar-refractivity contribution in [2.24, 2.45) is 0 Å². The zero-order valence-electron chi connectivity index (χ0n) is 21.7. The van der Waals surface area contributed by atoms with Crippen molar-refractivity contribution in [1.29, 1.82) is 0 Å². The fraction of sp³-hybridized carbons (Fsp3) is 0.462. The Hall–Kier alpha value is -1.76. The van der Waals surface area contributed by atoms with Crippen LogP contribution in [0.1, 0.15) is 43.7 Å². The fourth-order valence-corrected chi connectivity index (χ4v) is 4.90. The lowest BCUT2D eigenvalue weighted by Crippen LogP contribution is -2.32. The van der Waals surface area contributed by atoms with Crippen molar-refractivity contribution in [1.82, 2.24) is 0 Å². The minimum atomic E-state index is -1.12. The monoisotopic (exact) mass is 652 g/mol. The first kappa shape index (κ1) is 33.3. The molecule has 0 radical (unpaired) electrons. The Bertz CT molecular complexity index is 1040. The van der Waals surface area contributed by atoms with Gasteiger partial charge in [-0.25, -0.2) is 8.78 Å². The van der Waals surface area contributed by atoms with E-state index < -0.39 is 11.6 Å². The van der Waals surface area contributed by atoms with Crippen molar-refractivity contribution >= 4 is 43.6 Å². The van der Waals surface area contributed by atoms with Gasteiger partial charge in [0.05, 0.1) is 13.5 Å². The van der Waals surface area contributed by atoms with Gasteiger partial charge < -0.3 is 28.5 Å². The number of rotatable bonds is 12. The van der Waals surface area contributed by atoms with E-state index in [4.69, 9.17) is 18.9 Å². The number of esters is 1. The summed E-state index contributed by atoms with van der Waals surface area (Å²) in [5, 5.41) is 0. The number of ketones is 1. The molecule has 2 rings (SSSR count). The van der Waals surface area contributed by atoms with Crippen molar-refractivity contribution in [3.8, 4) is 0 Å². The molecule has 37 heavy (non-hydrogen) atoms. The molecular formula is C26H32Br2F2O7. The van der Waals surface area contributed by atoms with Crippen molar-refractivity contribution in [3.63, 3.8) is 0 Å². The summed E-state index contributed by atoms with van der Waals surface area (Å²) in [4.78, 5) is 22.4. The van der Waals surface area contributed by atoms with Crippen LogP contribution in [0.5, 0.6) is 0 Å². The molecule has 0 saturated carbocycles. The molecular weight excluding hydrogens is 622 g/mol. The summed E-state index contributed by atoms with van der Waals surface area (Å²) in [6.45, 7) is 1.51. The highest BCUT2D eigenvalue weighted by Crippen LogP contribution is 2.37. The molecule has 0 aromatic heterocycles. The summed E-state index contributed by atoms with van der Waals surface area (Å²) in [5.41, 5.74) is 1.28. The normalized spacial score (nSPS) is 11.5. The molecule has 0 fully saturated rings. The highest BCUT2D eigenvalue weighted by molar-refractivity contribution is 9.10. The van der Waals surface area contributed by atoms with Crippen LogP contribution in [0.2, 0.25) is 0 Å². The molecule has 0 saturated heterocycles. The second-order valence-electron chi connectivity index (χ2n) is 7.85. The zero-order valence-corrected chi connectivity index (χ0v) is 24.8. The maximum atomic E-state index is 13.1. The SMILES string of the molecule is COC(=O)CCC(OC)(OC)c1ccc(F)cc1Br.COC(CCC(C)=O)(OC)c1ccc(F)cc1Br. The Morgan fingerprint density at radius 2 is 1.11 bits per heavy atom. The Morgan fingerprint density at radius 3 is 1.41 bits per heavy atom. The average Bonchev–Trinajstić information content (AvgIpc) is 2.87. The van der Waals surface area contributed by atoms with Gasteiger partial charge in [-0.3, -0.25) is 4.79 Å². The Morgan fingerprint density at radius 1 is 0.730 bits per heavy atom. The van der Waals surface area contributed by atoms with Crippen LogP contribution in [-0.2, 0) is 44.8 Å². The molecule has 7 nitrogen and oxygen atoms in total. The predicted molar refractivity (Wildman–Crippen MR) is 141 cm³/mol. The van der Waals surface area contributed by atoms with Gasteiger partial charge in [0.25, 0.3) is 0 Å². The molecule has 0 aliphatic carbocycles. The van der Waals surface area contributed by atoms with Gasteiger partial charge in [-0.15, -0.1) is 0 Å². The van der Waals surface area contributed by atoms with Crippen molar-refractivity contribution in [2.75, 3.05) is 35.5 Å². The number of halogens is 4. The van der Waals surface area contributed by atoms with Gasteiger partial charge in [0.2, 0.25) is 0 Å². The van der Waals surface area contributed by atoms with Crippen LogP contribution < -0.4 is 0 Å². The molecule has 0 aliphatic rings. The lowest BCUT2D eigenvalue weighted by molar-refractivity contribution is -0.222. The quantitative estimate of drug-likeness (QED) is 0.194. The summed E-state index contributed by atoms with van der Waals surface area (Å²) in [7, 11) is 7.25. The molecule has 2 aromatic rings. The van der Waals surface area contributed by atoms with Gasteiger partial charge in [-0.1, -0.05) is 31.9 Å². The number of carbonyl (C=O) groups is 2. The summed E-state index contributed by atoms with van der Waals surface area (Å²) in [6, 6.07) is 8.46. The van der Waals surface area contributed by atoms with Crippen LogP contribution in [-0.4, -0.2) is 47.3 Å². The number of hydrogen-bond donors (Lipinski definition) is 0. The maximum absolute atomic E-state index is 13.1. The van der Waals surface area contributed by atoms with E-state index in [1.165, 1.54) is 66.7 Å². The summed E-state index contributed by atoms with van der Waals surface area (Å²) < 4.78 is 53.5. The van der Waals surface area contributed by atoms with Crippen LogP contribution in [0.3, 0.4) is 0 Å². The molecule has 206 valence electrons. The Kier molecular flexibility index (Phi) is 14.0. The average molecular weight is 654 g/mol. The largest absolute Gasteiger partial charge is 0.469 e. The predicted octanol–water partition coefficient (Wildman–Crippen LogP) is 6.39. The highest BCUT2D eigenvalue weighted by Gasteiger charge is 2.35. The fourth-order valence-electron chi connectivity index (χ4n) is 3.59. The highest BCUT2D eigenvalue weighted by atomic mass is 79.9. The van der Waals surface area contributed by atoms with Crippen LogP contribution in [0.4, 0.5) is 8.78 Å². The Balaban J connectivity index is 0.000000371. The lowest BCUT2D eigenvalue weighted by atomic mass is 9.99. The number of hydrogen-bond acceptors (Lipinski definition) is 7. The Labute approximate surface area is 233 Å². The van der Waals surface area contributed by atoms with Gasteiger partial charge in [0.1, 0.15) is 17.4 Å². The van der Waals surface area contributed by atoms with E-state index in [0.29, 0.717) is 32.9 Å². The third-order valence-electron chi connectivity index (χ3n) is 5.69. The van der Waals surface area contributed by atoms with Crippen LogP contribution >= 0.6 is 31.9 Å². The number of carbonyl (C=O) groups excluding carboxylic acids is 2. The van der Waals surface area contributed by atoms with E-state index in [1.807, 2.05) is 0 Å². The molecule has 2 aromatic carbocycles. The maximum Gasteiger partial charge on any atom is 0.305 e.